The monoisotopic (exact) mass is 580 g/mol. The highest BCUT2D eigenvalue weighted by molar-refractivity contribution is 6.09. The van der Waals surface area contributed by atoms with E-state index in [1.54, 1.807) is 0 Å². The van der Waals surface area contributed by atoms with Crippen molar-refractivity contribution in [1.29, 1.82) is 0 Å². The lowest BCUT2D eigenvalue weighted by molar-refractivity contribution is 0.661. The summed E-state index contributed by atoms with van der Waals surface area (Å²) in [5.74, 6) is 0.926. The van der Waals surface area contributed by atoms with Crippen LogP contribution in [0.3, 0.4) is 0 Å². The molecule has 218 valence electrons. The Labute approximate surface area is 265 Å². The van der Waals surface area contributed by atoms with Crippen LogP contribution in [-0.4, -0.2) is 11.5 Å². The minimum Gasteiger partial charge on any atom is -0.262 e. The molecule has 2 nitrogen and oxygen atoms in total. The summed E-state index contributed by atoms with van der Waals surface area (Å²) in [5.41, 5.74) is 14.0. The summed E-state index contributed by atoms with van der Waals surface area (Å²) in [6.45, 7) is 6.86. The van der Waals surface area contributed by atoms with Crippen LogP contribution in [-0.2, 0) is 5.41 Å². The molecule has 1 heterocycles. The molecule has 0 saturated carbocycles. The van der Waals surface area contributed by atoms with Gasteiger partial charge in [0, 0.05) is 18.3 Å². The predicted molar refractivity (Wildman–Crippen MR) is 190 cm³/mol. The van der Waals surface area contributed by atoms with Crippen LogP contribution < -0.4 is 0 Å². The lowest BCUT2D eigenvalue weighted by Gasteiger charge is -2.22. The van der Waals surface area contributed by atoms with Gasteiger partial charge < -0.3 is 0 Å². The average Bonchev–Trinajstić information content (AvgIpc) is 3.35. The van der Waals surface area contributed by atoms with E-state index in [9.17, 15) is 0 Å². The van der Waals surface area contributed by atoms with Gasteiger partial charge in [-0.25, -0.2) is 4.99 Å². The van der Waals surface area contributed by atoms with Gasteiger partial charge in [0.25, 0.3) is 0 Å². The quantitative estimate of drug-likeness (QED) is 0.194. The second-order valence-electron chi connectivity index (χ2n) is 12.8. The van der Waals surface area contributed by atoms with Gasteiger partial charge in [0.1, 0.15) is 5.84 Å². The lowest BCUT2D eigenvalue weighted by Crippen LogP contribution is -2.16. The Morgan fingerprint density at radius 1 is 0.622 bits per heavy atom. The van der Waals surface area contributed by atoms with Crippen molar-refractivity contribution < 1.29 is 0 Å². The molecule has 8 rings (SSSR count). The Bertz CT molecular complexity index is 2130. The molecule has 1 aliphatic carbocycles. The first-order valence-corrected chi connectivity index (χ1v) is 16.1. The van der Waals surface area contributed by atoms with Crippen molar-refractivity contribution in [1.82, 2.24) is 0 Å². The summed E-state index contributed by atoms with van der Waals surface area (Å²) < 4.78 is 0. The molecule has 2 aliphatic rings. The van der Waals surface area contributed by atoms with Crippen molar-refractivity contribution in [2.45, 2.75) is 45.1 Å². The number of amidine groups is 1. The number of hydrogen-bond acceptors (Lipinski definition) is 2. The first-order valence-electron chi connectivity index (χ1n) is 16.1. The second-order valence-corrected chi connectivity index (χ2v) is 12.8. The summed E-state index contributed by atoms with van der Waals surface area (Å²) >= 11 is 0. The molecule has 6 aromatic carbocycles. The largest absolute Gasteiger partial charge is 0.262 e. The maximum atomic E-state index is 4.95. The molecule has 0 N–H and O–H groups in total. The molecular formula is C43H36N2. The molecule has 0 fully saturated rings. The Hall–Kier alpha value is -5.08. The van der Waals surface area contributed by atoms with Gasteiger partial charge in [0.2, 0.25) is 0 Å². The van der Waals surface area contributed by atoms with Gasteiger partial charge in [-0.05, 0) is 72.5 Å². The molecule has 1 unspecified atom stereocenters. The van der Waals surface area contributed by atoms with E-state index in [1.165, 1.54) is 66.4 Å². The first-order chi connectivity index (χ1) is 22.0. The average molecular weight is 581 g/mol. The van der Waals surface area contributed by atoms with Crippen LogP contribution in [0.15, 0.2) is 143 Å². The van der Waals surface area contributed by atoms with Crippen LogP contribution in [0.4, 0.5) is 0 Å². The zero-order chi connectivity index (χ0) is 30.5. The molecule has 1 aliphatic heterocycles. The molecule has 0 aromatic heterocycles. The zero-order valence-corrected chi connectivity index (χ0v) is 26.1. The molecule has 0 amide bonds. The van der Waals surface area contributed by atoms with E-state index in [-0.39, 0.29) is 11.5 Å². The third kappa shape index (κ3) is 4.64. The topological polar surface area (TPSA) is 24.7 Å². The van der Waals surface area contributed by atoms with Gasteiger partial charge in [-0.15, -0.1) is 0 Å². The maximum Gasteiger partial charge on any atom is 0.123 e. The predicted octanol–water partition coefficient (Wildman–Crippen LogP) is 11.2. The standard InChI is InChI=1S/C43H36N2/c1-4-40-44-38(30-13-6-5-7-14-30)27-39(45-40)31-22-20-28(21-23-31)32-15-10-16-33(26-32)35-18-11-19-36-42(35)41-34-17-9-8-12-29(34)24-25-37(41)43(36,2)3/h5-26,38H,4,27H2,1-3H3. The van der Waals surface area contributed by atoms with Gasteiger partial charge in [-0.3, -0.25) is 4.99 Å². The van der Waals surface area contributed by atoms with Gasteiger partial charge in [0.15, 0.2) is 0 Å². The van der Waals surface area contributed by atoms with Crippen molar-refractivity contribution in [3.05, 3.63) is 156 Å². The SMILES string of the molecule is CCC1=NC(c2ccccc2)CC(c2ccc(-c3cccc(-c4cccc5c4-c4c(ccc6ccccc46)C5(C)C)c3)cc2)=N1. The summed E-state index contributed by atoms with van der Waals surface area (Å²) in [6, 6.07) is 49.0. The lowest BCUT2D eigenvalue weighted by atomic mass is 9.81. The van der Waals surface area contributed by atoms with E-state index in [1.807, 2.05) is 0 Å². The van der Waals surface area contributed by atoms with Gasteiger partial charge >= 0.3 is 0 Å². The second kappa shape index (κ2) is 10.8. The number of nitrogens with zero attached hydrogens (tertiary/aromatic N) is 2. The van der Waals surface area contributed by atoms with Gasteiger partial charge in [-0.1, -0.05) is 148 Å². The van der Waals surface area contributed by atoms with Crippen LogP contribution in [0.25, 0.3) is 44.2 Å². The van der Waals surface area contributed by atoms with Crippen LogP contribution >= 0.6 is 0 Å². The Kier molecular flexibility index (Phi) is 6.60. The smallest absolute Gasteiger partial charge is 0.123 e. The molecule has 0 spiro atoms. The van der Waals surface area contributed by atoms with Crippen LogP contribution in [0.2, 0.25) is 0 Å². The van der Waals surface area contributed by atoms with Crippen molar-refractivity contribution in [2.75, 3.05) is 0 Å². The van der Waals surface area contributed by atoms with E-state index in [0.717, 1.165) is 24.4 Å². The fourth-order valence-corrected chi connectivity index (χ4v) is 7.37. The molecule has 0 bridgehead atoms. The van der Waals surface area contributed by atoms with Crippen molar-refractivity contribution in [3.8, 4) is 33.4 Å². The van der Waals surface area contributed by atoms with E-state index in [0.29, 0.717) is 0 Å². The van der Waals surface area contributed by atoms with Crippen LogP contribution in [0.1, 0.15) is 61.9 Å². The molecule has 1 atom stereocenters. The number of hydrogen-bond donors (Lipinski definition) is 0. The highest BCUT2D eigenvalue weighted by Crippen LogP contribution is 2.54. The third-order valence-electron chi connectivity index (χ3n) is 9.77. The molecule has 6 aromatic rings. The first kappa shape index (κ1) is 27.5. The molecule has 2 heteroatoms. The maximum absolute atomic E-state index is 4.95. The Morgan fingerprint density at radius 2 is 1.33 bits per heavy atom. The summed E-state index contributed by atoms with van der Waals surface area (Å²) in [7, 11) is 0. The molecular weight excluding hydrogens is 544 g/mol. The number of fused-ring (bicyclic) bond motifs is 5. The summed E-state index contributed by atoms with van der Waals surface area (Å²) in [5, 5.41) is 2.62. The Morgan fingerprint density at radius 3 is 2.16 bits per heavy atom. The van der Waals surface area contributed by atoms with Crippen molar-refractivity contribution in [2.24, 2.45) is 9.98 Å². The normalized spacial score (nSPS) is 16.6. The van der Waals surface area contributed by atoms with Crippen molar-refractivity contribution >= 4 is 22.3 Å². The molecule has 0 radical (unpaired) electrons. The van der Waals surface area contributed by atoms with Crippen LogP contribution in [0.5, 0.6) is 0 Å². The van der Waals surface area contributed by atoms with E-state index >= 15 is 0 Å². The van der Waals surface area contributed by atoms with Crippen molar-refractivity contribution in [3.63, 3.8) is 0 Å². The highest BCUT2D eigenvalue weighted by atomic mass is 15.0. The Balaban J connectivity index is 1.16. The highest BCUT2D eigenvalue weighted by Gasteiger charge is 2.37. The third-order valence-corrected chi connectivity index (χ3v) is 9.77. The number of aliphatic imine (C=N–C) groups is 2. The number of benzene rings is 6. The van der Waals surface area contributed by atoms with Gasteiger partial charge in [0.05, 0.1) is 11.8 Å². The molecule has 0 saturated heterocycles. The zero-order valence-electron chi connectivity index (χ0n) is 26.1. The number of rotatable bonds is 5. The minimum atomic E-state index is -0.0537. The fraction of sp³-hybridized carbons (Fsp3) is 0.163. The molecule has 45 heavy (non-hydrogen) atoms. The fourth-order valence-electron chi connectivity index (χ4n) is 7.37. The van der Waals surface area contributed by atoms with E-state index in [4.69, 9.17) is 9.98 Å². The summed E-state index contributed by atoms with van der Waals surface area (Å²) in [4.78, 5) is 9.90. The summed E-state index contributed by atoms with van der Waals surface area (Å²) in [6.07, 6.45) is 1.65. The van der Waals surface area contributed by atoms with Gasteiger partial charge in [-0.2, -0.15) is 0 Å². The van der Waals surface area contributed by atoms with E-state index < -0.39 is 0 Å². The van der Waals surface area contributed by atoms with Crippen LogP contribution in [0, 0.1) is 0 Å². The minimum absolute atomic E-state index is 0.0537. The van der Waals surface area contributed by atoms with E-state index in [2.05, 4.69) is 154 Å².